The van der Waals surface area contributed by atoms with Crippen molar-refractivity contribution >= 4 is 5.97 Å². The highest BCUT2D eigenvalue weighted by Crippen LogP contribution is 2.20. The van der Waals surface area contributed by atoms with Crippen LogP contribution in [0.15, 0.2) is 83.5 Å². The zero-order valence-electron chi connectivity index (χ0n) is 15.2. The van der Waals surface area contributed by atoms with Gasteiger partial charge >= 0.3 is 5.97 Å². The Kier molecular flexibility index (Phi) is 5.29. The molecule has 0 saturated heterocycles. The summed E-state index contributed by atoms with van der Waals surface area (Å²) < 4.78 is 12.8. The minimum Gasteiger partial charge on any atom is -0.459 e. The third-order valence-electron chi connectivity index (χ3n) is 4.20. The lowest BCUT2D eigenvalue weighted by Crippen LogP contribution is -2.06. The molecule has 0 radical (unpaired) electrons. The average molecular weight is 373 g/mol. The van der Waals surface area contributed by atoms with Crippen molar-refractivity contribution in [1.29, 1.82) is 0 Å². The maximum Gasteiger partial charge on any atom is 0.306 e. The molecule has 2 heterocycles. The van der Waals surface area contributed by atoms with Gasteiger partial charge in [-0.3, -0.25) is 4.79 Å². The summed E-state index contributed by atoms with van der Waals surface area (Å²) in [6.45, 7) is 0.138. The molecule has 0 bridgehead atoms. The predicted molar refractivity (Wildman–Crippen MR) is 104 cm³/mol. The van der Waals surface area contributed by atoms with E-state index in [4.69, 9.17) is 9.15 Å². The molecule has 0 fully saturated rings. The number of aromatic nitrogens is 3. The number of rotatable bonds is 7. The highest BCUT2D eigenvalue weighted by atomic mass is 16.5. The number of aryl methyl sites for hydroxylation is 1. The zero-order chi connectivity index (χ0) is 19.2. The van der Waals surface area contributed by atoms with E-state index in [1.807, 2.05) is 72.9 Å². The lowest BCUT2D eigenvalue weighted by molar-refractivity contribution is -0.145. The standard InChI is InChI=1S/C22H19N3O3/c26-22(12-11-21-23-15-20(28-21)17-7-3-1-4-8-17)27-16-18-13-14-25(24-18)19-9-5-2-6-10-19/h1-10,13-15H,11-12,16H2. The van der Waals surface area contributed by atoms with E-state index in [-0.39, 0.29) is 19.0 Å². The van der Waals surface area contributed by atoms with Crippen molar-refractivity contribution in [3.8, 4) is 17.0 Å². The molecule has 0 aliphatic carbocycles. The largest absolute Gasteiger partial charge is 0.459 e. The average Bonchev–Trinajstić information content (AvgIpc) is 3.42. The number of carbonyl (C=O) groups excluding carboxylic acids is 1. The molecule has 0 aliphatic rings. The molecule has 6 heteroatoms. The Morgan fingerprint density at radius 3 is 2.54 bits per heavy atom. The third kappa shape index (κ3) is 4.35. The second-order valence-electron chi connectivity index (χ2n) is 6.23. The summed E-state index contributed by atoms with van der Waals surface area (Å²) in [7, 11) is 0. The molecule has 4 aromatic rings. The maximum absolute atomic E-state index is 12.0. The van der Waals surface area contributed by atoms with Gasteiger partial charge in [0.2, 0.25) is 0 Å². The molecule has 0 saturated carbocycles. The molecule has 0 amide bonds. The van der Waals surface area contributed by atoms with Crippen LogP contribution in [0.4, 0.5) is 0 Å². The summed E-state index contributed by atoms with van der Waals surface area (Å²) in [5.41, 5.74) is 2.61. The first-order valence-corrected chi connectivity index (χ1v) is 9.04. The number of oxazole rings is 1. The molecule has 0 spiro atoms. The predicted octanol–water partition coefficient (Wildman–Crippen LogP) is 4.20. The molecule has 4 rings (SSSR count). The number of esters is 1. The second-order valence-corrected chi connectivity index (χ2v) is 6.23. The molecule has 0 unspecified atom stereocenters. The van der Waals surface area contributed by atoms with E-state index in [0.29, 0.717) is 23.8 Å². The first-order chi connectivity index (χ1) is 13.8. The van der Waals surface area contributed by atoms with E-state index in [0.717, 1.165) is 11.3 Å². The summed E-state index contributed by atoms with van der Waals surface area (Å²) in [6, 6.07) is 21.3. The summed E-state index contributed by atoms with van der Waals surface area (Å²) in [5, 5.41) is 4.42. The monoisotopic (exact) mass is 373 g/mol. The molecule has 2 aromatic carbocycles. The first-order valence-electron chi connectivity index (χ1n) is 9.04. The lowest BCUT2D eigenvalue weighted by Gasteiger charge is -2.02. The fourth-order valence-electron chi connectivity index (χ4n) is 2.76. The Balaban J connectivity index is 1.26. The highest BCUT2D eigenvalue weighted by molar-refractivity contribution is 5.69. The van der Waals surface area contributed by atoms with E-state index in [2.05, 4.69) is 10.1 Å². The molecule has 28 heavy (non-hydrogen) atoms. The molecular weight excluding hydrogens is 354 g/mol. The van der Waals surface area contributed by atoms with Crippen molar-refractivity contribution in [3.63, 3.8) is 0 Å². The lowest BCUT2D eigenvalue weighted by atomic mass is 10.2. The van der Waals surface area contributed by atoms with Gasteiger partial charge in [0.25, 0.3) is 0 Å². The van der Waals surface area contributed by atoms with Gasteiger partial charge in [-0.25, -0.2) is 9.67 Å². The van der Waals surface area contributed by atoms with Crippen LogP contribution in [-0.2, 0) is 22.6 Å². The Morgan fingerprint density at radius 1 is 1.00 bits per heavy atom. The topological polar surface area (TPSA) is 70.2 Å². The van der Waals surface area contributed by atoms with Gasteiger partial charge in [-0.1, -0.05) is 48.5 Å². The number of para-hydroxylation sites is 1. The van der Waals surface area contributed by atoms with E-state index in [1.165, 1.54) is 0 Å². The van der Waals surface area contributed by atoms with Gasteiger partial charge in [0.05, 0.1) is 18.3 Å². The Hall–Kier alpha value is -3.67. The number of carbonyl (C=O) groups is 1. The molecule has 2 aromatic heterocycles. The van der Waals surface area contributed by atoms with Crippen molar-refractivity contribution in [2.75, 3.05) is 0 Å². The zero-order valence-corrected chi connectivity index (χ0v) is 15.2. The van der Waals surface area contributed by atoms with Crippen LogP contribution in [0, 0.1) is 0 Å². The van der Waals surface area contributed by atoms with Crippen LogP contribution < -0.4 is 0 Å². The SMILES string of the molecule is O=C(CCc1ncc(-c2ccccc2)o1)OCc1ccn(-c2ccccc2)n1. The molecule has 0 aliphatic heterocycles. The number of hydrogen-bond donors (Lipinski definition) is 0. The van der Waals surface area contributed by atoms with Crippen molar-refractivity contribution in [2.24, 2.45) is 0 Å². The van der Waals surface area contributed by atoms with Gasteiger partial charge < -0.3 is 9.15 Å². The van der Waals surface area contributed by atoms with E-state index >= 15 is 0 Å². The fraction of sp³-hybridized carbons (Fsp3) is 0.136. The first kappa shape index (κ1) is 17.7. The Labute approximate surface area is 162 Å². The van der Waals surface area contributed by atoms with Crippen molar-refractivity contribution in [1.82, 2.24) is 14.8 Å². The molecule has 140 valence electrons. The van der Waals surface area contributed by atoms with E-state index in [1.54, 1.807) is 10.9 Å². The van der Waals surface area contributed by atoms with Gasteiger partial charge in [0.1, 0.15) is 12.3 Å². The number of nitrogens with zero attached hydrogens (tertiary/aromatic N) is 3. The molecule has 0 N–H and O–H groups in total. The molecular formula is C22H19N3O3. The van der Waals surface area contributed by atoms with Crippen LogP contribution in [0.3, 0.4) is 0 Å². The van der Waals surface area contributed by atoms with Crippen LogP contribution in [0.1, 0.15) is 18.0 Å². The van der Waals surface area contributed by atoms with Crippen LogP contribution in [0.2, 0.25) is 0 Å². The van der Waals surface area contributed by atoms with E-state index < -0.39 is 0 Å². The summed E-state index contributed by atoms with van der Waals surface area (Å²) in [4.78, 5) is 16.2. The Morgan fingerprint density at radius 2 is 1.75 bits per heavy atom. The summed E-state index contributed by atoms with van der Waals surface area (Å²) >= 11 is 0. The smallest absolute Gasteiger partial charge is 0.306 e. The summed E-state index contributed by atoms with van der Waals surface area (Å²) in [5.74, 6) is 0.897. The van der Waals surface area contributed by atoms with Crippen LogP contribution in [-0.4, -0.2) is 20.7 Å². The summed E-state index contributed by atoms with van der Waals surface area (Å²) in [6.07, 6.45) is 4.11. The van der Waals surface area contributed by atoms with Crippen LogP contribution in [0.25, 0.3) is 17.0 Å². The van der Waals surface area contributed by atoms with Crippen LogP contribution in [0.5, 0.6) is 0 Å². The van der Waals surface area contributed by atoms with Gasteiger partial charge in [-0.2, -0.15) is 5.10 Å². The van der Waals surface area contributed by atoms with Gasteiger partial charge in [-0.05, 0) is 18.2 Å². The minimum absolute atomic E-state index is 0.138. The highest BCUT2D eigenvalue weighted by Gasteiger charge is 2.11. The molecule has 0 atom stereocenters. The number of benzene rings is 2. The second kappa shape index (κ2) is 8.35. The molecule has 6 nitrogen and oxygen atoms in total. The Bertz CT molecular complexity index is 955. The number of ether oxygens (including phenoxy) is 1. The van der Waals surface area contributed by atoms with Crippen molar-refractivity contribution in [3.05, 3.63) is 90.7 Å². The van der Waals surface area contributed by atoms with Crippen molar-refractivity contribution in [2.45, 2.75) is 19.4 Å². The van der Waals surface area contributed by atoms with Crippen molar-refractivity contribution < 1.29 is 13.9 Å². The quantitative estimate of drug-likeness (QED) is 0.454. The van der Waals surface area contributed by atoms with Gasteiger partial charge in [-0.15, -0.1) is 0 Å². The van der Waals surface area contributed by atoms with Gasteiger partial charge in [0, 0.05) is 18.2 Å². The van der Waals surface area contributed by atoms with Gasteiger partial charge in [0.15, 0.2) is 11.7 Å². The van der Waals surface area contributed by atoms with Crippen LogP contribution >= 0.6 is 0 Å². The number of hydrogen-bond acceptors (Lipinski definition) is 5. The third-order valence-corrected chi connectivity index (χ3v) is 4.20. The maximum atomic E-state index is 12.0. The minimum atomic E-state index is -0.311. The normalized spacial score (nSPS) is 10.7. The fourth-order valence-corrected chi connectivity index (χ4v) is 2.76. The van der Waals surface area contributed by atoms with E-state index in [9.17, 15) is 4.79 Å².